The molecule has 2 rings (SSSR count). The highest BCUT2D eigenvalue weighted by molar-refractivity contribution is 5.91. The average molecular weight is 261 g/mol. The molecular formula is C12H6F5O. The van der Waals surface area contributed by atoms with Gasteiger partial charge in [0.1, 0.15) is 0 Å². The van der Waals surface area contributed by atoms with Crippen molar-refractivity contribution >= 4 is 10.8 Å². The van der Waals surface area contributed by atoms with Crippen molar-refractivity contribution in [1.29, 1.82) is 0 Å². The normalized spacial score (nSPS) is 12.9. The summed E-state index contributed by atoms with van der Waals surface area (Å²) in [6.07, 6.45) is -5.69. The lowest BCUT2D eigenvalue weighted by Gasteiger charge is -2.21. The number of halogens is 5. The molecule has 1 radical (unpaired) electrons. The van der Waals surface area contributed by atoms with Gasteiger partial charge in [-0.25, -0.2) is 0 Å². The smallest absolute Gasteiger partial charge is 0.289 e. The van der Waals surface area contributed by atoms with Gasteiger partial charge in [-0.05, 0) is 17.5 Å². The third-order valence-electron chi connectivity index (χ3n) is 2.58. The maximum atomic E-state index is 13.3. The van der Waals surface area contributed by atoms with Crippen LogP contribution in [0.5, 0.6) is 5.75 Å². The van der Waals surface area contributed by atoms with Gasteiger partial charge in [0.2, 0.25) is 0 Å². The quantitative estimate of drug-likeness (QED) is 0.666. The molecule has 0 saturated heterocycles. The molecule has 0 heterocycles. The lowest BCUT2D eigenvalue weighted by molar-refractivity contribution is -0.288. The van der Waals surface area contributed by atoms with E-state index in [0.29, 0.717) is 6.07 Å². The molecular weight excluding hydrogens is 255 g/mol. The third kappa shape index (κ3) is 1.77. The Bertz CT molecular complexity index is 589. The van der Waals surface area contributed by atoms with E-state index in [-0.39, 0.29) is 10.8 Å². The highest BCUT2D eigenvalue weighted by Crippen LogP contribution is 2.47. The van der Waals surface area contributed by atoms with E-state index < -0.39 is 23.4 Å². The predicted octanol–water partition coefficient (Wildman–Crippen LogP) is 4.64. The van der Waals surface area contributed by atoms with Gasteiger partial charge in [-0.3, -0.25) is 5.11 Å². The van der Waals surface area contributed by atoms with Gasteiger partial charge in [-0.15, -0.1) is 0 Å². The van der Waals surface area contributed by atoms with Crippen molar-refractivity contribution in [3.8, 4) is 5.75 Å². The van der Waals surface area contributed by atoms with Gasteiger partial charge < -0.3 is 0 Å². The fraction of sp³-hybridized carbons (Fsp3) is 0.167. The zero-order chi connectivity index (χ0) is 13.6. The Kier molecular flexibility index (Phi) is 2.68. The Morgan fingerprint density at radius 2 is 1.33 bits per heavy atom. The third-order valence-corrected chi connectivity index (χ3v) is 2.58. The molecule has 0 aliphatic heterocycles. The highest BCUT2D eigenvalue weighted by atomic mass is 19.4. The molecule has 18 heavy (non-hydrogen) atoms. The molecule has 6 heteroatoms. The standard InChI is InChI=1S/C12H6F5O/c13-11(14,12(15,16)17)9-5-6-10(18)8-4-2-1-3-7(8)9/h1-6H. The molecule has 0 unspecified atom stereocenters. The van der Waals surface area contributed by atoms with Crippen molar-refractivity contribution in [2.45, 2.75) is 12.1 Å². The minimum absolute atomic E-state index is 0.154. The number of hydrogen-bond donors (Lipinski definition) is 0. The van der Waals surface area contributed by atoms with Crippen molar-refractivity contribution < 1.29 is 27.1 Å². The maximum absolute atomic E-state index is 13.3. The first kappa shape index (κ1) is 12.6. The molecule has 0 amide bonds. The van der Waals surface area contributed by atoms with E-state index >= 15 is 0 Å². The van der Waals surface area contributed by atoms with E-state index in [1.165, 1.54) is 18.2 Å². The number of alkyl halides is 5. The van der Waals surface area contributed by atoms with Gasteiger partial charge in [0, 0.05) is 10.9 Å². The van der Waals surface area contributed by atoms with Crippen LogP contribution in [0.4, 0.5) is 22.0 Å². The predicted molar refractivity (Wildman–Crippen MR) is 54.0 cm³/mol. The molecule has 0 atom stereocenters. The van der Waals surface area contributed by atoms with Crippen LogP contribution in [-0.2, 0) is 11.0 Å². The molecule has 0 fully saturated rings. The van der Waals surface area contributed by atoms with Gasteiger partial charge in [0.05, 0.1) is 0 Å². The van der Waals surface area contributed by atoms with E-state index in [1.807, 2.05) is 0 Å². The monoisotopic (exact) mass is 261 g/mol. The second-order valence-electron chi connectivity index (χ2n) is 3.73. The summed E-state index contributed by atoms with van der Waals surface area (Å²) in [6, 6.07) is 6.24. The Balaban J connectivity index is 2.78. The van der Waals surface area contributed by atoms with Gasteiger partial charge in [0.15, 0.2) is 5.75 Å². The summed E-state index contributed by atoms with van der Waals surface area (Å²) in [5.74, 6) is -5.58. The van der Waals surface area contributed by atoms with Gasteiger partial charge in [-0.2, -0.15) is 22.0 Å². The van der Waals surface area contributed by atoms with Gasteiger partial charge in [0.25, 0.3) is 0 Å². The minimum atomic E-state index is -5.69. The molecule has 0 bridgehead atoms. The van der Waals surface area contributed by atoms with Crippen LogP contribution >= 0.6 is 0 Å². The number of rotatable bonds is 1. The molecule has 0 aromatic heterocycles. The van der Waals surface area contributed by atoms with E-state index in [4.69, 9.17) is 0 Å². The van der Waals surface area contributed by atoms with Gasteiger partial charge in [-0.1, -0.05) is 24.3 Å². The summed E-state index contributed by atoms with van der Waals surface area (Å²) in [6.45, 7) is 0. The Morgan fingerprint density at radius 3 is 1.89 bits per heavy atom. The lowest BCUT2D eigenvalue weighted by Crippen LogP contribution is -2.33. The maximum Gasteiger partial charge on any atom is 0.458 e. The molecule has 0 spiro atoms. The Labute approximate surface area is 98.5 Å². The number of fused-ring (bicyclic) bond motifs is 1. The zero-order valence-corrected chi connectivity index (χ0v) is 8.76. The summed E-state index contributed by atoms with van der Waals surface area (Å²) in [4.78, 5) is 0. The second-order valence-corrected chi connectivity index (χ2v) is 3.73. The summed E-state index contributed by atoms with van der Waals surface area (Å²) < 4.78 is 63.6. The average Bonchev–Trinajstić information content (AvgIpc) is 2.28. The lowest BCUT2D eigenvalue weighted by atomic mass is 9.98. The van der Waals surface area contributed by atoms with E-state index in [2.05, 4.69) is 0 Å². The highest BCUT2D eigenvalue weighted by Gasteiger charge is 2.59. The van der Waals surface area contributed by atoms with Crippen LogP contribution < -0.4 is 0 Å². The molecule has 0 aliphatic carbocycles. The van der Waals surface area contributed by atoms with Crippen LogP contribution in [0.1, 0.15) is 5.56 Å². The van der Waals surface area contributed by atoms with Crippen LogP contribution in [-0.4, -0.2) is 6.18 Å². The van der Waals surface area contributed by atoms with E-state index in [1.54, 1.807) is 0 Å². The molecule has 0 aliphatic rings. The number of hydrogen-bond acceptors (Lipinski definition) is 0. The van der Waals surface area contributed by atoms with Gasteiger partial charge >= 0.3 is 12.1 Å². The molecule has 2 aromatic rings. The van der Waals surface area contributed by atoms with Crippen LogP contribution in [0.15, 0.2) is 36.4 Å². The summed E-state index contributed by atoms with van der Waals surface area (Å²) in [5, 5.41) is 10.8. The molecule has 0 N–H and O–H groups in total. The fourth-order valence-electron chi connectivity index (χ4n) is 1.70. The first-order valence-electron chi connectivity index (χ1n) is 4.89. The van der Waals surface area contributed by atoms with Crippen LogP contribution in [0.25, 0.3) is 10.8 Å². The molecule has 2 aromatic carbocycles. The van der Waals surface area contributed by atoms with Crippen LogP contribution in [0.2, 0.25) is 0 Å². The summed E-state index contributed by atoms with van der Waals surface area (Å²) in [7, 11) is 0. The van der Waals surface area contributed by atoms with Crippen LogP contribution in [0, 0.1) is 0 Å². The van der Waals surface area contributed by atoms with E-state index in [9.17, 15) is 27.1 Å². The topological polar surface area (TPSA) is 19.9 Å². The first-order chi connectivity index (χ1) is 8.25. The van der Waals surface area contributed by atoms with Crippen molar-refractivity contribution in [3.05, 3.63) is 42.0 Å². The minimum Gasteiger partial charge on any atom is -0.289 e. The van der Waals surface area contributed by atoms with Crippen molar-refractivity contribution in [3.63, 3.8) is 0 Å². The Hall–Kier alpha value is -1.85. The molecule has 95 valence electrons. The first-order valence-corrected chi connectivity index (χ1v) is 4.89. The largest absolute Gasteiger partial charge is 0.458 e. The van der Waals surface area contributed by atoms with E-state index in [0.717, 1.165) is 12.1 Å². The summed E-state index contributed by atoms with van der Waals surface area (Å²) in [5.41, 5.74) is -1.20. The van der Waals surface area contributed by atoms with Crippen molar-refractivity contribution in [2.75, 3.05) is 0 Å². The molecule has 0 saturated carbocycles. The Morgan fingerprint density at radius 1 is 0.778 bits per heavy atom. The fourth-order valence-corrected chi connectivity index (χ4v) is 1.70. The second kappa shape index (κ2) is 3.83. The number of benzene rings is 2. The van der Waals surface area contributed by atoms with Crippen LogP contribution in [0.3, 0.4) is 0 Å². The zero-order valence-electron chi connectivity index (χ0n) is 8.76. The van der Waals surface area contributed by atoms with Crippen molar-refractivity contribution in [1.82, 2.24) is 0 Å². The summed E-state index contributed by atoms with van der Waals surface area (Å²) >= 11 is 0. The van der Waals surface area contributed by atoms with Crippen molar-refractivity contribution in [2.24, 2.45) is 0 Å². The SMILES string of the molecule is [O]c1ccc(C(F)(F)C(F)(F)F)c2ccccc12. The molecule has 1 nitrogen and oxygen atoms in total.